The van der Waals surface area contributed by atoms with E-state index in [0.717, 1.165) is 0 Å². The summed E-state index contributed by atoms with van der Waals surface area (Å²) in [5.74, 6) is -1.50. The fraction of sp³-hybridized carbons (Fsp3) is 0.222. The second-order valence-electron chi connectivity index (χ2n) is 2.88. The van der Waals surface area contributed by atoms with Crippen LogP contribution in [0.2, 0.25) is 0 Å². The largest absolute Gasteiger partial charge is 0.480 e. The molecule has 3 nitrogen and oxygen atoms in total. The van der Waals surface area contributed by atoms with Crippen molar-refractivity contribution in [2.75, 3.05) is 0 Å². The predicted octanol–water partition coefficient (Wildman–Crippen LogP) is 1.54. The highest BCUT2D eigenvalue weighted by molar-refractivity contribution is 9.10. The van der Waals surface area contributed by atoms with Gasteiger partial charge in [-0.05, 0) is 30.2 Å². The summed E-state index contributed by atoms with van der Waals surface area (Å²) in [6.45, 7) is 0. The van der Waals surface area contributed by atoms with Crippen LogP contribution in [0.25, 0.3) is 0 Å². The van der Waals surface area contributed by atoms with E-state index in [2.05, 4.69) is 15.9 Å². The molecule has 0 amide bonds. The van der Waals surface area contributed by atoms with Crippen LogP contribution >= 0.6 is 15.9 Å². The molecular formula is C9H9BrFNO2. The Hall–Kier alpha value is -0.940. The molecule has 0 unspecified atom stereocenters. The average Bonchev–Trinajstić information content (AvgIpc) is 2.11. The van der Waals surface area contributed by atoms with E-state index in [1.807, 2.05) is 0 Å². The fourth-order valence-corrected chi connectivity index (χ4v) is 1.43. The Kier molecular flexibility index (Phi) is 3.60. The Morgan fingerprint density at radius 3 is 2.86 bits per heavy atom. The molecule has 0 aliphatic carbocycles. The third-order valence-electron chi connectivity index (χ3n) is 1.76. The van der Waals surface area contributed by atoms with Crippen LogP contribution in [0.5, 0.6) is 0 Å². The van der Waals surface area contributed by atoms with Crippen LogP contribution in [0, 0.1) is 5.82 Å². The van der Waals surface area contributed by atoms with Crippen molar-refractivity contribution < 1.29 is 14.3 Å². The lowest BCUT2D eigenvalue weighted by molar-refractivity contribution is -0.138. The van der Waals surface area contributed by atoms with Gasteiger partial charge < -0.3 is 10.8 Å². The van der Waals surface area contributed by atoms with E-state index in [1.165, 1.54) is 18.2 Å². The maximum atomic E-state index is 12.8. The van der Waals surface area contributed by atoms with E-state index in [9.17, 15) is 9.18 Å². The highest BCUT2D eigenvalue weighted by Gasteiger charge is 2.14. The molecule has 0 radical (unpaired) electrons. The molecule has 0 saturated carbocycles. The molecular weight excluding hydrogens is 253 g/mol. The van der Waals surface area contributed by atoms with E-state index in [4.69, 9.17) is 10.8 Å². The predicted molar refractivity (Wildman–Crippen MR) is 53.4 cm³/mol. The molecule has 5 heteroatoms. The SMILES string of the molecule is N[C@H](Cc1cc(F)ccc1Br)C(=O)O. The zero-order valence-electron chi connectivity index (χ0n) is 7.21. The third kappa shape index (κ3) is 2.78. The molecule has 1 aromatic carbocycles. The first kappa shape index (κ1) is 11.1. The van der Waals surface area contributed by atoms with Crippen LogP contribution in [0.15, 0.2) is 22.7 Å². The highest BCUT2D eigenvalue weighted by atomic mass is 79.9. The van der Waals surface area contributed by atoms with Gasteiger partial charge in [-0.25, -0.2) is 4.39 Å². The maximum Gasteiger partial charge on any atom is 0.320 e. The van der Waals surface area contributed by atoms with Crippen LogP contribution in [0.1, 0.15) is 5.56 Å². The minimum absolute atomic E-state index is 0.105. The van der Waals surface area contributed by atoms with Gasteiger partial charge in [-0.1, -0.05) is 15.9 Å². The summed E-state index contributed by atoms with van der Waals surface area (Å²) >= 11 is 3.19. The quantitative estimate of drug-likeness (QED) is 0.868. The lowest BCUT2D eigenvalue weighted by atomic mass is 10.1. The Labute approximate surface area is 88.9 Å². The highest BCUT2D eigenvalue weighted by Crippen LogP contribution is 2.18. The van der Waals surface area contributed by atoms with Crippen molar-refractivity contribution >= 4 is 21.9 Å². The standard InChI is InChI=1S/C9H9BrFNO2/c10-7-2-1-6(11)3-5(7)4-8(12)9(13)14/h1-3,8H,4,12H2,(H,13,14)/t8-/m1/s1. The van der Waals surface area contributed by atoms with Gasteiger partial charge >= 0.3 is 5.97 Å². The lowest BCUT2D eigenvalue weighted by Gasteiger charge is -2.08. The minimum atomic E-state index is -1.10. The number of benzene rings is 1. The summed E-state index contributed by atoms with van der Waals surface area (Å²) < 4.78 is 13.5. The van der Waals surface area contributed by atoms with Crippen molar-refractivity contribution in [1.29, 1.82) is 0 Å². The average molecular weight is 262 g/mol. The Morgan fingerprint density at radius 2 is 2.29 bits per heavy atom. The van der Waals surface area contributed by atoms with Crippen LogP contribution in [0.4, 0.5) is 4.39 Å². The molecule has 1 rings (SSSR count). The van der Waals surface area contributed by atoms with Crippen LogP contribution < -0.4 is 5.73 Å². The second kappa shape index (κ2) is 4.52. The van der Waals surface area contributed by atoms with Gasteiger partial charge in [-0.15, -0.1) is 0 Å². The number of rotatable bonds is 3. The van der Waals surface area contributed by atoms with Crippen molar-refractivity contribution in [2.24, 2.45) is 5.73 Å². The topological polar surface area (TPSA) is 63.3 Å². The molecule has 0 saturated heterocycles. The van der Waals surface area contributed by atoms with Gasteiger partial charge in [0, 0.05) is 4.47 Å². The molecule has 0 aliphatic heterocycles. The van der Waals surface area contributed by atoms with Gasteiger partial charge in [0.15, 0.2) is 0 Å². The molecule has 1 aromatic rings. The number of hydrogen-bond acceptors (Lipinski definition) is 2. The van der Waals surface area contributed by atoms with Crippen molar-refractivity contribution in [2.45, 2.75) is 12.5 Å². The number of aliphatic carboxylic acids is 1. The number of carbonyl (C=O) groups is 1. The summed E-state index contributed by atoms with van der Waals surface area (Å²) in [6.07, 6.45) is 0.105. The van der Waals surface area contributed by atoms with Crippen molar-refractivity contribution in [3.8, 4) is 0 Å². The van der Waals surface area contributed by atoms with Gasteiger partial charge in [0.25, 0.3) is 0 Å². The molecule has 76 valence electrons. The van der Waals surface area contributed by atoms with Crippen molar-refractivity contribution in [1.82, 2.24) is 0 Å². The maximum absolute atomic E-state index is 12.8. The summed E-state index contributed by atoms with van der Waals surface area (Å²) in [4.78, 5) is 10.5. The van der Waals surface area contributed by atoms with Gasteiger partial charge in [0.2, 0.25) is 0 Å². The van der Waals surface area contributed by atoms with Crippen LogP contribution in [0.3, 0.4) is 0 Å². The molecule has 0 aromatic heterocycles. The van der Waals surface area contributed by atoms with E-state index >= 15 is 0 Å². The summed E-state index contributed by atoms with van der Waals surface area (Å²) in [5.41, 5.74) is 5.88. The van der Waals surface area contributed by atoms with Gasteiger partial charge in [0.05, 0.1) is 0 Å². The summed E-state index contributed by atoms with van der Waals surface area (Å²) in [6, 6.07) is 3.08. The fourth-order valence-electron chi connectivity index (χ4n) is 1.02. The molecule has 1 atom stereocenters. The van der Waals surface area contributed by atoms with E-state index in [0.29, 0.717) is 10.0 Å². The van der Waals surface area contributed by atoms with E-state index in [-0.39, 0.29) is 6.42 Å². The van der Waals surface area contributed by atoms with Gasteiger partial charge in [0.1, 0.15) is 11.9 Å². The van der Waals surface area contributed by atoms with Gasteiger partial charge in [-0.3, -0.25) is 4.79 Å². The number of hydrogen-bond donors (Lipinski definition) is 2. The molecule has 0 heterocycles. The molecule has 0 bridgehead atoms. The Bertz CT molecular complexity index is 357. The monoisotopic (exact) mass is 261 g/mol. The first-order chi connectivity index (χ1) is 6.50. The Morgan fingerprint density at radius 1 is 1.64 bits per heavy atom. The zero-order chi connectivity index (χ0) is 10.7. The number of carboxylic acid groups (broad SMARTS) is 1. The lowest BCUT2D eigenvalue weighted by Crippen LogP contribution is -2.32. The normalized spacial score (nSPS) is 12.5. The molecule has 0 fully saturated rings. The zero-order valence-corrected chi connectivity index (χ0v) is 8.79. The molecule has 14 heavy (non-hydrogen) atoms. The van der Waals surface area contributed by atoms with E-state index in [1.54, 1.807) is 0 Å². The van der Waals surface area contributed by atoms with Crippen LogP contribution in [-0.4, -0.2) is 17.1 Å². The van der Waals surface area contributed by atoms with Crippen molar-refractivity contribution in [3.63, 3.8) is 0 Å². The number of halogens is 2. The second-order valence-corrected chi connectivity index (χ2v) is 3.74. The molecule has 0 aliphatic rings. The molecule has 3 N–H and O–H groups in total. The summed E-state index contributed by atoms with van der Waals surface area (Å²) in [7, 11) is 0. The smallest absolute Gasteiger partial charge is 0.320 e. The van der Waals surface area contributed by atoms with E-state index < -0.39 is 17.8 Å². The Balaban J connectivity index is 2.85. The first-order valence-electron chi connectivity index (χ1n) is 3.93. The molecule has 0 spiro atoms. The minimum Gasteiger partial charge on any atom is -0.480 e. The van der Waals surface area contributed by atoms with Gasteiger partial charge in [-0.2, -0.15) is 0 Å². The number of nitrogens with two attached hydrogens (primary N) is 1. The van der Waals surface area contributed by atoms with Crippen molar-refractivity contribution in [3.05, 3.63) is 34.1 Å². The third-order valence-corrected chi connectivity index (χ3v) is 2.54. The summed E-state index contributed by atoms with van der Waals surface area (Å²) in [5, 5.41) is 8.57. The number of carboxylic acids is 1. The van der Waals surface area contributed by atoms with Crippen LogP contribution in [-0.2, 0) is 11.2 Å². The first-order valence-corrected chi connectivity index (χ1v) is 4.72.